The van der Waals surface area contributed by atoms with Gasteiger partial charge in [-0.15, -0.1) is 4.98 Å². The van der Waals surface area contributed by atoms with Crippen molar-refractivity contribution in [3.63, 3.8) is 0 Å². The van der Waals surface area contributed by atoms with Gasteiger partial charge in [-0.1, -0.05) is 39.5 Å². The molecular formula is C14H14N2. The Balaban J connectivity index is 2.62. The molecule has 1 aromatic carbocycles. The van der Waals surface area contributed by atoms with Gasteiger partial charge in [0.2, 0.25) is 0 Å². The summed E-state index contributed by atoms with van der Waals surface area (Å²) in [5.41, 5.74) is 2.32. The summed E-state index contributed by atoms with van der Waals surface area (Å²) in [6, 6.07) is 9.95. The summed E-state index contributed by atoms with van der Waals surface area (Å²) in [4.78, 5) is 7.59. The van der Waals surface area contributed by atoms with Crippen LogP contribution in [0, 0.1) is 6.57 Å². The highest BCUT2D eigenvalue weighted by atomic mass is 14.9. The lowest BCUT2D eigenvalue weighted by Gasteiger charge is -2.18. The molecule has 0 saturated carbocycles. The monoisotopic (exact) mass is 210 g/mol. The van der Waals surface area contributed by atoms with E-state index in [1.807, 2.05) is 12.1 Å². The van der Waals surface area contributed by atoms with Gasteiger partial charge in [-0.2, -0.15) is 0 Å². The first-order chi connectivity index (χ1) is 7.50. The van der Waals surface area contributed by atoms with Crippen molar-refractivity contribution in [1.82, 2.24) is 4.98 Å². The van der Waals surface area contributed by atoms with Gasteiger partial charge >= 0.3 is 0 Å². The van der Waals surface area contributed by atoms with Gasteiger partial charge in [-0.25, -0.2) is 0 Å². The maximum Gasteiger partial charge on any atom is 0.270 e. The van der Waals surface area contributed by atoms with Crippen LogP contribution in [0.4, 0.5) is 5.82 Å². The number of rotatable bonds is 0. The molecule has 0 unspecified atom stereocenters. The Morgan fingerprint density at radius 1 is 1.12 bits per heavy atom. The number of benzene rings is 1. The van der Waals surface area contributed by atoms with Crippen LogP contribution in [-0.2, 0) is 5.41 Å². The van der Waals surface area contributed by atoms with Crippen LogP contribution in [-0.4, -0.2) is 4.98 Å². The van der Waals surface area contributed by atoms with Crippen molar-refractivity contribution in [2.45, 2.75) is 26.2 Å². The molecule has 0 amide bonds. The van der Waals surface area contributed by atoms with Crippen molar-refractivity contribution >= 4 is 16.7 Å². The van der Waals surface area contributed by atoms with Crippen LogP contribution in [0.15, 0.2) is 30.3 Å². The van der Waals surface area contributed by atoms with Crippen LogP contribution < -0.4 is 0 Å². The zero-order chi connectivity index (χ0) is 11.8. The quantitative estimate of drug-likeness (QED) is 0.599. The molecule has 2 nitrogen and oxygen atoms in total. The lowest BCUT2D eigenvalue weighted by Crippen LogP contribution is -2.10. The molecule has 16 heavy (non-hydrogen) atoms. The van der Waals surface area contributed by atoms with Gasteiger partial charge in [0, 0.05) is 5.39 Å². The first-order valence-corrected chi connectivity index (χ1v) is 5.29. The minimum Gasteiger partial charge on any atom is -0.361 e. The number of hydrogen-bond acceptors (Lipinski definition) is 1. The average Bonchev–Trinajstić information content (AvgIpc) is 2.26. The van der Waals surface area contributed by atoms with Crippen LogP contribution in [0.25, 0.3) is 15.7 Å². The molecule has 1 aromatic heterocycles. The van der Waals surface area contributed by atoms with E-state index in [4.69, 9.17) is 6.57 Å². The van der Waals surface area contributed by atoms with Gasteiger partial charge in [0.1, 0.15) is 0 Å². The van der Waals surface area contributed by atoms with Crippen LogP contribution in [0.2, 0.25) is 0 Å². The first-order valence-electron chi connectivity index (χ1n) is 5.29. The van der Waals surface area contributed by atoms with E-state index in [0.29, 0.717) is 5.82 Å². The molecule has 0 radical (unpaired) electrons. The third-order valence-corrected chi connectivity index (χ3v) is 2.66. The number of hydrogen-bond donors (Lipinski definition) is 0. The Kier molecular flexibility index (Phi) is 2.40. The molecule has 1 heterocycles. The van der Waals surface area contributed by atoms with E-state index in [1.54, 1.807) is 6.07 Å². The Hall–Kier alpha value is -1.88. The molecule has 0 fully saturated rings. The van der Waals surface area contributed by atoms with Gasteiger partial charge in [-0.05, 0) is 29.2 Å². The Bertz CT molecular complexity index is 571. The molecule has 2 rings (SSSR count). The van der Waals surface area contributed by atoms with E-state index >= 15 is 0 Å². The molecule has 0 bridgehead atoms. The van der Waals surface area contributed by atoms with E-state index in [2.05, 4.69) is 42.7 Å². The zero-order valence-electron chi connectivity index (χ0n) is 9.78. The van der Waals surface area contributed by atoms with E-state index in [0.717, 1.165) is 10.9 Å². The molecule has 0 atom stereocenters. The second-order valence-electron chi connectivity index (χ2n) is 4.94. The lowest BCUT2D eigenvalue weighted by molar-refractivity contribution is 0.591. The van der Waals surface area contributed by atoms with Crippen LogP contribution in [0.3, 0.4) is 0 Å². The molecule has 0 aliphatic heterocycles. The fourth-order valence-electron chi connectivity index (χ4n) is 1.64. The van der Waals surface area contributed by atoms with E-state index in [9.17, 15) is 0 Å². The van der Waals surface area contributed by atoms with Crippen molar-refractivity contribution in [1.29, 1.82) is 0 Å². The van der Waals surface area contributed by atoms with E-state index in [1.165, 1.54) is 5.56 Å². The number of pyridine rings is 1. The Labute approximate surface area is 95.8 Å². The summed E-state index contributed by atoms with van der Waals surface area (Å²) in [7, 11) is 0. The molecule has 2 heteroatoms. The summed E-state index contributed by atoms with van der Waals surface area (Å²) in [6.45, 7) is 13.5. The predicted molar refractivity (Wildman–Crippen MR) is 66.7 cm³/mol. The largest absolute Gasteiger partial charge is 0.361 e. The molecule has 0 aliphatic rings. The first kappa shape index (κ1) is 10.6. The highest BCUT2D eigenvalue weighted by Crippen LogP contribution is 2.26. The lowest BCUT2D eigenvalue weighted by atomic mass is 9.86. The normalized spacial score (nSPS) is 11.4. The molecule has 0 aliphatic carbocycles. The fourth-order valence-corrected chi connectivity index (χ4v) is 1.64. The molecule has 2 aromatic rings. The topological polar surface area (TPSA) is 17.2 Å². The average molecular weight is 210 g/mol. The Morgan fingerprint density at radius 2 is 1.88 bits per heavy atom. The van der Waals surface area contributed by atoms with Gasteiger partial charge < -0.3 is 4.85 Å². The van der Waals surface area contributed by atoms with Gasteiger partial charge in [-0.3, -0.25) is 0 Å². The highest BCUT2D eigenvalue weighted by Gasteiger charge is 2.14. The summed E-state index contributed by atoms with van der Waals surface area (Å²) < 4.78 is 0. The maximum absolute atomic E-state index is 6.92. The predicted octanol–water partition coefficient (Wildman–Crippen LogP) is 4.08. The van der Waals surface area contributed by atoms with Crippen LogP contribution in [0.5, 0.6) is 0 Å². The highest BCUT2D eigenvalue weighted by molar-refractivity contribution is 5.81. The minimum atomic E-state index is 0.145. The third-order valence-electron chi connectivity index (χ3n) is 2.66. The molecular weight excluding hydrogens is 196 g/mol. The van der Waals surface area contributed by atoms with Gasteiger partial charge in [0.25, 0.3) is 5.82 Å². The second-order valence-corrected chi connectivity index (χ2v) is 4.94. The second kappa shape index (κ2) is 3.61. The third kappa shape index (κ3) is 1.90. The zero-order valence-corrected chi connectivity index (χ0v) is 9.78. The van der Waals surface area contributed by atoms with Gasteiger partial charge in [0.15, 0.2) is 5.52 Å². The van der Waals surface area contributed by atoms with Crippen LogP contribution in [0.1, 0.15) is 26.3 Å². The van der Waals surface area contributed by atoms with Crippen LogP contribution >= 0.6 is 0 Å². The molecule has 0 saturated heterocycles. The molecule has 80 valence electrons. The Morgan fingerprint density at radius 3 is 2.50 bits per heavy atom. The van der Waals surface area contributed by atoms with Crippen molar-refractivity contribution in [2.75, 3.05) is 0 Å². The number of nitrogens with zero attached hydrogens (tertiary/aromatic N) is 2. The summed E-state index contributed by atoms with van der Waals surface area (Å²) >= 11 is 0. The summed E-state index contributed by atoms with van der Waals surface area (Å²) in [6.07, 6.45) is 0. The van der Waals surface area contributed by atoms with Crippen molar-refractivity contribution in [2.24, 2.45) is 0 Å². The maximum atomic E-state index is 6.92. The molecule has 0 N–H and O–H groups in total. The fraction of sp³-hybridized carbons (Fsp3) is 0.286. The summed E-state index contributed by atoms with van der Waals surface area (Å²) in [5.74, 6) is 0.455. The number of fused-ring (bicyclic) bond motifs is 1. The van der Waals surface area contributed by atoms with E-state index in [-0.39, 0.29) is 5.41 Å². The standard InChI is InChI=1S/C14H14N2/c1-14(2,3)11-6-7-12-10(9-11)5-8-13(15-4)16-12/h5-9H,1-3H3. The van der Waals surface area contributed by atoms with Crippen molar-refractivity contribution < 1.29 is 0 Å². The summed E-state index contributed by atoms with van der Waals surface area (Å²) in [5, 5.41) is 1.10. The minimum absolute atomic E-state index is 0.145. The SMILES string of the molecule is [C-]#[N+]c1ccc2cc(C(C)(C)C)ccc2n1. The van der Waals surface area contributed by atoms with Crippen molar-refractivity contribution in [3.8, 4) is 0 Å². The smallest absolute Gasteiger partial charge is 0.270 e. The molecule has 0 spiro atoms. The number of aromatic nitrogens is 1. The van der Waals surface area contributed by atoms with E-state index < -0.39 is 0 Å². The van der Waals surface area contributed by atoms with Crippen molar-refractivity contribution in [3.05, 3.63) is 47.3 Å². The van der Waals surface area contributed by atoms with Gasteiger partial charge in [0.05, 0.1) is 0 Å².